The van der Waals surface area contributed by atoms with Gasteiger partial charge in [0.25, 0.3) is 0 Å². The number of hydrogen-bond donors (Lipinski definition) is 1. The molecule has 0 atom stereocenters. The van der Waals surface area contributed by atoms with Gasteiger partial charge in [-0.2, -0.15) is 4.98 Å². The number of aromatic nitrogens is 2. The zero-order chi connectivity index (χ0) is 16.8. The fourth-order valence-electron chi connectivity index (χ4n) is 2.43. The fourth-order valence-corrected chi connectivity index (χ4v) is 2.43. The summed E-state index contributed by atoms with van der Waals surface area (Å²) in [5.41, 5.74) is 2.07. The Morgan fingerprint density at radius 1 is 1.00 bits per heavy atom. The van der Waals surface area contributed by atoms with Crippen LogP contribution in [0.5, 0.6) is 5.75 Å². The van der Waals surface area contributed by atoms with Gasteiger partial charge in [0.15, 0.2) is 0 Å². The molecule has 0 fully saturated rings. The summed E-state index contributed by atoms with van der Waals surface area (Å²) in [4.78, 5) is 11.0. The third kappa shape index (κ3) is 3.81. The van der Waals surface area contributed by atoms with Crippen LogP contribution in [0.4, 0.5) is 17.5 Å². The van der Waals surface area contributed by atoms with Crippen molar-refractivity contribution in [1.82, 2.24) is 9.97 Å². The third-order valence-corrected chi connectivity index (χ3v) is 3.65. The molecule has 0 spiro atoms. The number of para-hydroxylation sites is 2. The zero-order valence-electron chi connectivity index (χ0n) is 13.8. The first-order chi connectivity index (χ1) is 11.8. The molecule has 1 heterocycles. The van der Waals surface area contributed by atoms with Crippen LogP contribution in [0.3, 0.4) is 0 Å². The Morgan fingerprint density at radius 3 is 2.54 bits per heavy atom. The summed E-state index contributed by atoms with van der Waals surface area (Å²) >= 11 is 0. The maximum absolute atomic E-state index is 5.35. The van der Waals surface area contributed by atoms with E-state index in [4.69, 9.17) is 4.74 Å². The average Bonchev–Trinajstić information content (AvgIpc) is 2.63. The van der Waals surface area contributed by atoms with Crippen molar-refractivity contribution in [2.75, 3.05) is 24.4 Å². The predicted octanol–water partition coefficient (Wildman–Crippen LogP) is 3.87. The van der Waals surface area contributed by atoms with Gasteiger partial charge in [-0.25, -0.2) is 4.98 Å². The van der Waals surface area contributed by atoms with Crippen molar-refractivity contribution in [1.29, 1.82) is 0 Å². The molecule has 0 bridgehead atoms. The number of methoxy groups -OCH3 is 1. The van der Waals surface area contributed by atoms with Crippen molar-refractivity contribution in [3.63, 3.8) is 0 Å². The Kier molecular flexibility index (Phi) is 4.91. The van der Waals surface area contributed by atoms with Gasteiger partial charge in [-0.15, -0.1) is 0 Å². The molecule has 1 aromatic heterocycles. The van der Waals surface area contributed by atoms with Gasteiger partial charge >= 0.3 is 0 Å². The van der Waals surface area contributed by atoms with Gasteiger partial charge in [0.1, 0.15) is 11.6 Å². The molecule has 3 aromatic rings. The molecule has 24 heavy (non-hydrogen) atoms. The number of rotatable bonds is 6. The molecule has 1 N–H and O–H groups in total. The van der Waals surface area contributed by atoms with Gasteiger partial charge in [0, 0.05) is 19.8 Å². The van der Waals surface area contributed by atoms with Crippen molar-refractivity contribution in [2.24, 2.45) is 0 Å². The molecular weight excluding hydrogens is 300 g/mol. The Hall–Kier alpha value is -3.08. The summed E-state index contributed by atoms with van der Waals surface area (Å²) in [6, 6.07) is 19.9. The maximum Gasteiger partial charge on any atom is 0.229 e. The van der Waals surface area contributed by atoms with Gasteiger partial charge in [-0.3, -0.25) is 0 Å². The molecule has 0 aliphatic carbocycles. The number of nitrogens with zero attached hydrogens (tertiary/aromatic N) is 3. The SMILES string of the molecule is COc1ccccc1Nc1nccc(N(C)Cc2ccccc2)n1. The highest BCUT2D eigenvalue weighted by molar-refractivity contribution is 5.63. The van der Waals surface area contributed by atoms with Crippen molar-refractivity contribution in [2.45, 2.75) is 6.54 Å². The van der Waals surface area contributed by atoms with Gasteiger partial charge in [-0.05, 0) is 23.8 Å². The quantitative estimate of drug-likeness (QED) is 0.747. The van der Waals surface area contributed by atoms with Crippen LogP contribution < -0.4 is 15.0 Å². The van der Waals surface area contributed by atoms with Crippen LogP contribution in [-0.2, 0) is 6.54 Å². The second-order valence-electron chi connectivity index (χ2n) is 5.41. The predicted molar refractivity (Wildman–Crippen MR) is 96.9 cm³/mol. The van der Waals surface area contributed by atoms with Crippen LogP contribution in [0.15, 0.2) is 66.9 Å². The first-order valence-electron chi connectivity index (χ1n) is 7.74. The second-order valence-corrected chi connectivity index (χ2v) is 5.41. The van der Waals surface area contributed by atoms with Gasteiger partial charge in [0.05, 0.1) is 12.8 Å². The molecule has 5 heteroatoms. The lowest BCUT2D eigenvalue weighted by Gasteiger charge is -2.19. The highest BCUT2D eigenvalue weighted by atomic mass is 16.5. The van der Waals surface area contributed by atoms with E-state index in [0.717, 1.165) is 23.8 Å². The standard InChI is InChI=1S/C19H20N4O/c1-23(14-15-8-4-3-5-9-15)18-12-13-20-19(22-18)21-16-10-6-7-11-17(16)24-2/h3-13H,14H2,1-2H3,(H,20,21,22). The topological polar surface area (TPSA) is 50.3 Å². The number of hydrogen-bond acceptors (Lipinski definition) is 5. The molecule has 0 unspecified atom stereocenters. The number of nitrogens with one attached hydrogen (secondary N) is 1. The van der Waals surface area contributed by atoms with Crippen molar-refractivity contribution >= 4 is 17.5 Å². The summed E-state index contributed by atoms with van der Waals surface area (Å²) in [7, 11) is 3.66. The van der Waals surface area contributed by atoms with Crippen LogP contribution in [-0.4, -0.2) is 24.1 Å². The van der Waals surface area contributed by atoms with E-state index in [2.05, 4.69) is 32.3 Å². The molecule has 2 aromatic carbocycles. The van der Waals surface area contributed by atoms with E-state index in [9.17, 15) is 0 Å². The van der Waals surface area contributed by atoms with Gasteiger partial charge in [-0.1, -0.05) is 42.5 Å². The Labute approximate surface area is 142 Å². The molecular formula is C19H20N4O. The van der Waals surface area contributed by atoms with Crippen LogP contribution in [0.2, 0.25) is 0 Å². The summed E-state index contributed by atoms with van der Waals surface area (Å²) in [5, 5.41) is 3.21. The van der Waals surface area contributed by atoms with E-state index in [1.165, 1.54) is 5.56 Å². The van der Waals surface area contributed by atoms with Crippen molar-refractivity contribution < 1.29 is 4.74 Å². The Bertz CT molecular complexity index is 792. The molecule has 0 saturated carbocycles. The van der Waals surface area contributed by atoms with Crippen LogP contribution in [0.1, 0.15) is 5.56 Å². The molecule has 122 valence electrons. The first kappa shape index (κ1) is 15.8. The second kappa shape index (κ2) is 7.46. The summed E-state index contributed by atoms with van der Waals surface area (Å²) in [6.07, 6.45) is 1.75. The van der Waals surface area contributed by atoms with Crippen LogP contribution in [0, 0.1) is 0 Å². The largest absolute Gasteiger partial charge is 0.495 e. The summed E-state index contributed by atoms with van der Waals surface area (Å²) < 4.78 is 5.35. The normalized spacial score (nSPS) is 10.2. The van der Waals surface area contributed by atoms with E-state index < -0.39 is 0 Å². The smallest absolute Gasteiger partial charge is 0.229 e. The highest BCUT2D eigenvalue weighted by Gasteiger charge is 2.07. The number of anilines is 3. The Balaban J connectivity index is 1.76. The lowest BCUT2D eigenvalue weighted by molar-refractivity contribution is 0.417. The molecule has 3 rings (SSSR count). The van der Waals surface area contributed by atoms with Crippen LogP contribution in [0.25, 0.3) is 0 Å². The van der Waals surface area contributed by atoms with E-state index >= 15 is 0 Å². The highest BCUT2D eigenvalue weighted by Crippen LogP contribution is 2.26. The zero-order valence-corrected chi connectivity index (χ0v) is 13.8. The lowest BCUT2D eigenvalue weighted by Crippen LogP contribution is -2.18. The lowest BCUT2D eigenvalue weighted by atomic mass is 10.2. The Morgan fingerprint density at radius 2 is 1.75 bits per heavy atom. The molecule has 0 aliphatic rings. The monoisotopic (exact) mass is 320 g/mol. The molecule has 5 nitrogen and oxygen atoms in total. The van der Waals surface area contributed by atoms with Gasteiger partial charge in [0.2, 0.25) is 5.95 Å². The van der Waals surface area contributed by atoms with E-state index in [1.54, 1.807) is 13.3 Å². The fraction of sp³-hybridized carbons (Fsp3) is 0.158. The molecule has 0 saturated heterocycles. The number of ether oxygens (including phenoxy) is 1. The summed E-state index contributed by atoms with van der Waals surface area (Å²) in [5.74, 6) is 2.15. The molecule has 0 radical (unpaired) electrons. The maximum atomic E-state index is 5.35. The minimum absolute atomic E-state index is 0.539. The van der Waals surface area contributed by atoms with Crippen LogP contribution >= 0.6 is 0 Å². The van der Waals surface area contributed by atoms with E-state index in [0.29, 0.717) is 5.95 Å². The molecule has 0 amide bonds. The number of benzene rings is 2. The molecule has 0 aliphatic heterocycles. The van der Waals surface area contributed by atoms with Crippen molar-refractivity contribution in [3.05, 3.63) is 72.4 Å². The van der Waals surface area contributed by atoms with Gasteiger partial charge < -0.3 is 15.0 Å². The van der Waals surface area contributed by atoms with E-state index in [1.807, 2.05) is 55.6 Å². The summed E-state index contributed by atoms with van der Waals surface area (Å²) in [6.45, 7) is 0.784. The minimum atomic E-state index is 0.539. The average molecular weight is 320 g/mol. The van der Waals surface area contributed by atoms with E-state index in [-0.39, 0.29) is 0 Å². The third-order valence-electron chi connectivity index (χ3n) is 3.65. The minimum Gasteiger partial charge on any atom is -0.495 e. The first-order valence-corrected chi connectivity index (χ1v) is 7.74. The van der Waals surface area contributed by atoms with Crippen molar-refractivity contribution in [3.8, 4) is 5.75 Å².